The lowest BCUT2D eigenvalue weighted by molar-refractivity contribution is 0.339. The Morgan fingerprint density at radius 3 is 2.68 bits per heavy atom. The van der Waals surface area contributed by atoms with E-state index in [9.17, 15) is 0 Å². The Labute approximate surface area is 120 Å². The number of benzene rings is 1. The molecule has 0 radical (unpaired) electrons. The monoisotopic (exact) mass is 276 g/mol. The van der Waals surface area contributed by atoms with E-state index in [1.807, 2.05) is 6.26 Å². The molecule has 0 atom stereocenters. The highest BCUT2D eigenvalue weighted by Gasteiger charge is 2.23. The van der Waals surface area contributed by atoms with E-state index in [0.717, 1.165) is 17.9 Å². The van der Waals surface area contributed by atoms with Gasteiger partial charge in [0.25, 0.3) is 0 Å². The summed E-state index contributed by atoms with van der Waals surface area (Å²) in [5.41, 5.74) is 5.44. The van der Waals surface area contributed by atoms with Crippen LogP contribution in [0.25, 0.3) is 5.57 Å². The predicted molar refractivity (Wildman–Crippen MR) is 80.6 cm³/mol. The fourth-order valence-corrected chi connectivity index (χ4v) is 3.87. The van der Waals surface area contributed by atoms with Gasteiger partial charge in [-0.1, -0.05) is 30.9 Å². The molecule has 0 heterocycles. The zero-order valence-corrected chi connectivity index (χ0v) is 12.3. The number of methoxy groups -OCH3 is 1. The van der Waals surface area contributed by atoms with Crippen LogP contribution in [0.3, 0.4) is 0 Å². The number of fused-ring (bicyclic) bond motifs is 1. The highest BCUT2D eigenvalue weighted by atomic mass is 35.5. The molecular weight excluding hydrogens is 256 g/mol. The minimum Gasteiger partial charge on any atom is -0.504 e. The molecule has 2 heteroatoms. The maximum absolute atomic E-state index is 6.52. The molecule has 0 bridgehead atoms. The molecule has 2 aliphatic carbocycles. The smallest absolute Gasteiger partial charge is 0.0862 e. The molecule has 0 N–H and O–H groups in total. The standard InChI is InChI=1S/C17H21ClO/c1-19-11-14-8-7-13-9-17(18)16(10-15(13)14)12-5-3-2-4-6-12/h9-12H,2-8H2,1H3/b14-11-. The van der Waals surface area contributed by atoms with Crippen LogP contribution in [0.2, 0.25) is 5.02 Å². The minimum atomic E-state index is 0.663. The lowest BCUT2D eigenvalue weighted by atomic mass is 9.83. The summed E-state index contributed by atoms with van der Waals surface area (Å²) in [5.74, 6) is 0.663. The van der Waals surface area contributed by atoms with Crippen LogP contribution in [0.5, 0.6) is 0 Å². The summed E-state index contributed by atoms with van der Waals surface area (Å²) in [6, 6.07) is 4.53. The Morgan fingerprint density at radius 1 is 1.16 bits per heavy atom. The van der Waals surface area contributed by atoms with Gasteiger partial charge < -0.3 is 4.74 Å². The van der Waals surface area contributed by atoms with Crippen molar-refractivity contribution in [1.82, 2.24) is 0 Å². The Balaban J connectivity index is 1.97. The molecule has 0 amide bonds. The third-order valence-electron chi connectivity index (χ3n) is 4.54. The van der Waals surface area contributed by atoms with Crippen LogP contribution >= 0.6 is 11.6 Å². The fourth-order valence-electron chi connectivity index (χ4n) is 3.53. The summed E-state index contributed by atoms with van der Waals surface area (Å²) in [4.78, 5) is 0. The number of hydrogen-bond donors (Lipinski definition) is 0. The molecule has 1 aromatic carbocycles. The van der Waals surface area contributed by atoms with Crippen molar-refractivity contribution in [3.05, 3.63) is 40.1 Å². The first kappa shape index (κ1) is 13.1. The molecule has 2 aliphatic rings. The minimum absolute atomic E-state index is 0.663. The van der Waals surface area contributed by atoms with Crippen LogP contribution in [0.4, 0.5) is 0 Å². The van der Waals surface area contributed by atoms with E-state index >= 15 is 0 Å². The van der Waals surface area contributed by atoms with Crippen molar-refractivity contribution < 1.29 is 4.74 Å². The SMILES string of the molecule is CO/C=C1/CCc2cc(Cl)c(C3CCCCC3)cc21. The summed E-state index contributed by atoms with van der Waals surface area (Å²) in [6.07, 6.45) is 10.7. The first-order chi connectivity index (χ1) is 9.29. The molecule has 0 spiro atoms. The molecule has 0 aromatic heterocycles. The van der Waals surface area contributed by atoms with Crippen molar-refractivity contribution in [2.24, 2.45) is 0 Å². The Morgan fingerprint density at radius 2 is 1.95 bits per heavy atom. The summed E-state index contributed by atoms with van der Waals surface area (Å²) in [7, 11) is 1.73. The van der Waals surface area contributed by atoms with E-state index in [1.165, 1.54) is 54.4 Å². The lowest BCUT2D eigenvalue weighted by Crippen LogP contribution is -2.06. The fraction of sp³-hybridized carbons (Fsp3) is 0.529. The van der Waals surface area contributed by atoms with Crippen LogP contribution in [0, 0.1) is 0 Å². The first-order valence-electron chi connectivity index (χ1n) is 7.34. The molecule has 0 aliphatic heterocycles. The van der Waals surface area contributed by atoms with Gasteiger partial charge >= 0.3 is 0 Å². The highest BCUT2D eigenvalue weighted by Crippen LogP contribution is 2.41. The zero-order chi connectivity index (χ0) is 13.2. The van der Waals surface area contributed by atoms with E-state index in [1.54, 1.807) is 7.11 Å². The molecule has 102 valence electrons. The van der Waals surface area contributed by atoms with Crippen LogP contribution in [0.1, 0.15) is 61.1 Å². The van der Waals surface area contributed by atoms with Crippen LogP contribution < -0.4 is 0 Å². The molecule has 1 aromatic rings. The van der Waals surface area contributed by atoms with Gasteiger partial charge in [0, 0.05) is 5.02 Å². The zero-order valence-electron chi connectivity index (χ0n) is 11.5. The van der Waals surface area contributed by atoms with E-state index in [4.69, 9.17) is 16.3 Å². The second-order valence-electron chi connectivity index (χ2n) is 5.74. The number of ether oxygens (including phenoxy) is 1. The Hall–Kier alpha value is -0.950. The molecule has 0 saturated heterocycles. The van der Waals surface area contributed by atoms with E-state index in [-0.39, 0.29) is 0 Å². The van der Waals surface area contributed by atoms with Gasteiger partial charge in [-0.25, -0.2) is 0 Å². The van der Waals surface area contributed by atoms with Gasteiger partial charge in [-0.15, -0.1) is 0 Å². The van der Waals surface area contributed by atoms with Gasteiger partial charge in [0.05, 0.1) is 13.4 Å². The summed E-state index contributed by atoms with van der Waals surface area (Å²) >= 11 is 6.52. The number of rotatable bonds is 2. The maximum atomic E-state index is 6.52. The molecule has 1 saturated carbocycles. The molecule has 0 unspecified atom stereocenters. The molecule has 1 fully saturated rings. The summed E-state index contributed by atoms with van der Waals surface area (Å²) in [6.45, 7) is 0. The van der Waals surface area contributed by atoms with E-state index in [2.05, 4.69) is 12.1 Å². The van der Waals surface area contributed by atoms with Gasteiger partial charge in [-0.05, 0) is 66.0 Å². The van der Waals surface area contributed by atoms with Crippen molar-refractivity contribution in [3.8, 4) is 0 Å². The van der Waals surface area contributed by atoms with E-state index in [0.29, 0.717) is 5.92 Å². The van der Waals surface area contributed by atoms with Gasteiger partial charge in [0.15, 0.2) is 0 Å². The average molecular weight is 277 g/mol. The van der Waals surface area contributed by atoms with Crippen molar-refractivity contribution in [2.75, 3.05) is 7.11 Å². The second kappa shape index (κ2) is 5.58. The number of hydrogen-bond acceptors (Lipinski definition) is 1. The highest BCUT2D eigenvalue weighted by molar-refractivity contribution is 6.31. The first-order valence-corrected chi connectivity index (χ1v) is 7.72. The predicted octanol–water partition coefficient (Wildman–Crippen LogP) is 5.32. The van der Waals surface area contributed by atoms with Crippen molar-refractivity contribution in [1.29, 1.82) is 0 Å². The summed E-state index contributed by atoms with van der Waals surface area (Å²) in [5, 5.41) is 0.976. The normalized spacial score (nSPS) is 21.7. The molecule has 3 rings (SSSR count). The van der Waals surface area contributed by atoms with Crippen LogP contribution in [-0.4, -0.2) is 7.11 Å². The van der Waals surface area contributed by atoms with Crippen LogP contribution in [-0.2, 0) is 11.2 Å². The number of aryl methyl sites for hydroxylation is 1. The maximum Gasteiger partial charge on any atom is 0.0862 e. The average Bonchev–Trinajstić information content (AvgIpc) is 2.81. The third-order valence-corrected chi connectivity index (χ3v) is 4.86. The molecule has 1 nitrogen and oxygen atoms in total. The Bertz CT molecular complexity index is 498. The van der Waals surface area contributed by atoms with Crippen molar-refractivity contribution in [3.63, 3.8) is 0 Å². The van der Waals surface area contributed by atoms with Gasteiger partial charge in [0.1, 0.15) is 0 Å². The van der Waals surface area contributed by atoms with Crippen molar-refractivity contribution in [2.45, 2.75) is 50.9 Å². The summed E-state index contributed by atoms with van der Waals surface area (Å²) < 4.78 is 5.20. The third kappa shape index (κ3) is 2.53. The molecule has 19 heavy (non-hydrogen) atoms. The van der Waals surface area contributed by atoms with E-state index < -0.39 is 0 Å². The quantitative estimate of drug-likeness (QED) is 0.664. The molecular formula is C17H21ClO. The number of halogens is 1. The Kier molecular flexibility index (Phi) is 3.83. The lowest BCUT2D eigenvalue weighted by Gasteiger charge is -2.23. The second-order valence-corrected chi connectivity index (χ2v) is 6.15. The van der Waals surface area contributed by atoms with Gasteiger partial charge in [-0.3, -0.25) is 0 Å². The van der Waals surface area contributed by atoms with Crippen LogP contribution in [0.15, 0.2) is 18.4 Å². The topological polar surface area (TPSA) is 9.23 Å². The largest absolute Gasteiger partial charge is 0.504 e. The van der Waals surface area contributed by atoms with Gasteiger partial charge in [-0.2, -0.15) is 0 Å². The van der Waals surface area contributed by atoms with Gasteiger partial charge in [0.2, 0.25) is 0 Å². The number of allylic oxidation sites excluding steroid dienone is 1. The van der Waals surface area contributed by atoms with Crippen molar-refractivity contribution >= 4 is 17.2 Å².